The Kier molecular flexibility index (Phi) is 7.39. The molecule has 5 atom stereocenters. The first kappa shape index (κ1) is 27.3. The Balaban J connectivity index is 1.48. The van der Waals surface area contributed by atoms with Crippen molar-refractivity contribution in [2.75, 3.05) is 38.3 Å². The summed E-state index contributed by atoms with van der Waals surface area (Å²) in [5.74, 6) is 7.23. The highest BCUT2D eigenvalue weighted by Gasteiger charge is 2.65. The number of carbonyl (C=O) groups excluding carboxylic acids is 1. The maximum absolute atomic E-state index is 13.9. The third kappa shape index (κ3) is 4.25. The van der Waals surface area contributed by atoms with Crippen molar-refractivity contribution in [1.29, 1.82) is 0 Å². The van der Waals surface area contributed by atoms with E-state index in [1.165, 1.54) is 35.2 Å². The van der Waals surface area contributed by atoms with E-state index < -0.39 is 5.41 Å². The zero-order valence-electron chi connectivity index (χ0n) is 23.9. The summed E-state index contributed by atoms with van der Waals surface area (Å²) >= 11 is 0. The van der Waals surface area contributed by atoms with E-state index in [4.69, 9.17) is 4.74 Å². The van der Waals surface area contributed by atoms with Crippen LogP contribution >= 0.6 is 0 Å². The first-order valence-electron chi connectivity index (χ1n) is 15.1. The Morgan fingerprint density at radius 1 is 1.15 bits per heavy atom. The predicted molar refractivity (Wildman–Crippen MR) is 157 cm³/mol. The minimum Gasteiger partial charge on any atom is -0.411 e. The molecule has 3 fully saturated rings. The Morgan fingerprint density at radius 2 is 1.93 bits per heavy atom. The average molecular weight is 543 g/mol. The molecule has 0 spiro atoms. The molecular formula is C34H42N2O4. The number of allylic oxidation sites excluding steroid dienone is 4. The second-order valence-corrected chi connectivity index (χ2v) is 12.7. The lowest BCUT2D eigenvalue weighted by molar-refractivity contribution is -0.136. The summed E-state index contributed by atoms with van der Waals surface area (Å²) < 4.78 is 5.38. The number of methoxy groups -OCH3 is 1. The number of oxime groups is 1. The zero-order chi connectivity index (χ0) is 27.9. The molecule has 5 aliphatic rings. The molecule has 2 saturated carbocycles. The number of hydrogen-bond acceptors (Lipinski definition) is 6. The van der Waals surface area contributed by atoms with Gasteiger partial charge in [-0.15, -0.1) is 0 Å². The van der Waals surface area contributed by atoms with Crippen LogP contribution in [0.4, 0.5) is 5.69 Å². The zero-order valence-corrected chi connectivity index (χ0v) is 23.9. The van der Waals surface area contributed by atoms with Crippen LogP contribution in [0.1, 0.15) is 76.2 Å². The molecule has 0 aromatic heterocycles. The fourth-order valence-electron chi connectivity index (χ4n) is 9.15. The van der Waals surface area contributed by atoms with Crippen LogP contribution in [0.25, 0.3) is 0 Å². The lowest BCUT2D eigenvalue weighted by Crippen LogP contribution is -2.51. The number of aliphatic hydroxyl groups excluding tert-OH is 1. The lowest BCUT2D eigenvalue weighted by Gasteiger charge is -2.54. The van der Waals surface area contributed by atoms with Crippen LogP contribution in [-0.2, 0) is 9.53 Å². The molecule has 0 amide bonds. The van der Waals surface area contributed by atoms with E-state index in [2.05, 4.69) is 59.2 Å². The summed E-state index contributed by atoms with van der Waals surface area (Å²) in [5, 5.41) is 22.7. The smallest absolute Gasteiger partial charge is 0.176 e. The number of benzene rings is 1. The van der Waals surface area contributed by atoms with Crippen LogP contribution in [0.15, 0.2) is 52.2 Å². The van der Waals surface area contributed by atoms with Gasteiger partial charge in [0.25, 0.3) is 0 Å². The first-order chi connectivity index (χ1) is 19.5. The van der Waals surface area contributed by atoms with Gasteiger partial charge in [-0.1, -0.05) is 41.6 Å². The molecule has 1 heterocycles. The fourth-order valence-corrected chi connectivity index (χ4v) is 9.15. The summed E-state index contributed by atoms with van der Waals surface area (Å²) in [6, 6.07) is 9.22. The summed E-state index contributed by atoms with van der Waals surface area (Å²) in [6.07, 6.45) is 10.8. The number of hydrogen-bond donors (Lipinski definition) is 2. The lowest BCUT2D eigenvalue weighted by atomic mass is 9.48. The van der Waals surface area contributed by atoms with E-state index in [9.17, 15) is 15.1 Å². The van der Waals surface area contributed by atoms with Crippen LogP contribution in [-0.4, -0.2) is 55.2 Å². The van der Waals surface area contributed by atoms with Crippen molar-refractivity contribution in [3.05, 3.63) is 52.6 Å². The van der Waals surface area contributed by atoms with Crippen LogP contribution in [0.3, 0.4) is 0 Å². The summed E-state index contributed by atoms with van der Waals surface area (Å²) in [6.45, 7) is 4.35. The summed E-state index contributed by atoms with van der Waals surface area (Å²) in [7, 11) is 1.58. The van der Waals surface area contributed by atoms with Gasteiger partial charge < -0.3 is 20.0 Å². The van der Waals surface area contributed by atoms with Gasteiger partial charge in [0.1, 0.15) is 13.2 Å². The summed E-state index contributed by atoms with van der Waals surface area (Å²) in [5.41, 5.74) is 6.57. The van der Waals surface area contributed by atoms with Crippen molar-refractivity contribution < 1.29 is 19.8 Å². The molecule has 2 N–H and O–H groups in total. The fraction of sp³-hybridized carbons (Fsp3) is 0.588. The van der Waals surface area contributed by atoms with Crippen LogP contribution in [0, 0.1) is 34.5 Å². The van der Waals surface area contributed by atoms with Gasteiger partial charge >= 0.3 is 0 Å². The SMILES string of the molecule is COCC(=O)[C@@]1(C#CCO)CC[C@H]2[C@@H]3CCC4=CC(=NO)CCC4=C3[C@@H](c3ccc(N4CCCC4)cc3)C[C@@]21C. The van der Waals surface area contributed by atoms with Gasteiger partial charge in [-0.25, -0.2) is 0 Å². The molecule has 1 aromatic rings. The Morgan fingerprint density at radius 3 is 2.62 bits per heavy atom. The molecule has 6 nitrogen and oxygen atoms in total. The molecule has 0 radical (unpaired) electrons. The molecule has 1 aromatic carbocycles. The molecule has 0 unspecified atom stereocenters. The molecule has 212 valence electrons. The monoisotopic (exact) mass is 542 g/mol. The highest BCUT2D eigenvalue weighted by atomic mass is 16.5. The molecule has 40 heavy (non-hydrogen) atoms. The first-order valence-corrected chi connectivity index (χ1v) is 15.1. The van der Waals surface area contributed by atoms with Crippen molar-refractivity contribution in [1.82, 2.24) is 0 Å². The molecular weight excluding hydrogens is 500 g/mol. The Hall–Kier alpha value is -2.88. The third-order valence-electron chi connectivity index (χ3n) is 11.0. The molecule has 6 heteroatoms. The number of carbonyl (C=O) groups is 1. The van der Waals surface area contributed by atoms with Gasteiger partial charge in [0.2, 0.25) is 0 Å². The quantitative estimate of drug-likeness (QED) is 0.286. The number of ketones is 1. The van der Waals surface area contributed by atoms with Crippen LogP contribution in [0.5, 0.6) is 0 Å². The number of nitrogens with zero attached hydrogens (tertiary/aromatic N) is 2. The van der Waals surface area contributed by atoms with Gasteiger partial charge in [-0.05, 0) is 110 Å². The minimum atomic E-state index is -0.820. The highest BCUT2D eigenvalue weighted by Crippen LogP contribution is 2.69. The molecule has 6 rings (SSSR count). The largest absolute Gasteiger partial charge is 0.411 e. The topological polar surface area (TPSA) is 82.4 Å². The number of anilines is 1. The highest BCUT2D eigenvalue weighted by molar-refractivity contribution is 5.97. The van der Waals surface area contributed by atoms with Gasteiger partial charge in [-0.2, -0.15) is 0 Å². The maximum atomic E-state index is 13.9. The van der Waals surface area contributed by atoms with Gasteiger partial charge in [0.05, 0.1) is 11.1 Å². The Bertz CT molecular complexity index is 1310. The number of ether oxygens (including phenoxy) is 1. The van der Waals surface area contributed by atoms with Crippen molar-refractivity contribution in [3.8, 4) is 11.8 Å². The normalized spacial score (nSPS) is 34.1. The predicted octanol–water partition coefficient (Wildman–Crippen LogP) is 5.65. The van der Waals surface area contributed by atoms with Crippen molar-refractivity contribution >= 4 is 17.2 Å². The van der Waals surface area contributed by atoms with E-state index in [0.29, 0.717) is 18.3 Å². The van der Waals surface area contributed by atoms with E-state index in [-0.39, 0.29) is 30.3 Å². The average Bonchev–Trinajstić information content (AvgIpc) is 3.62. The van der Waals surface area contributed by atoms with Crippen molar-refractivity contribution in [2.45, 2.75) is 70.6 Å². The second kappa shape index (κ2) is 10.8. The second-order valence-electron chi connectivity index (χ2n) is 12.7. The molecule has 1 aliphatic heterocycles. The molecule has 1 saturated heterocycles. The molecule has 4 aliphatic carbocycles. The number of fused-ring (bicyclic) bond motifs is 4. The standard InChI is InChI=1S/C34H42N2O4/c1-33-21-29(23-6-10-26(11-7-23)36-17-3-4-18-36)32-27-13-9-25(35-39)20-24(27)8-12-28(32)30(33)14-16-34(33,15-5-19-37)31(38)22-40-2/h6-7,10-11,20,28-30,37,39H,3-4,8-9,12-14,16-19,21-22H2,1-2H3/t28-,29+,30-,33-,34+/m0/s1. The van der Waals surface area contributed by atoms with Gasteiger partial charge in [-0.3, -0.25) is 4.79 Å². The number of aliphatic hydroxyl groups is 1. The van der Waals surface area contributed by atoms with Crippen molar-refractivity contribution in [2.24, 2.45) is 27.8 Å². The van der Waals surface area contributed by atoms with Crippen LogP contribution in [0.2, 0.25) is 0 Å². The summed E-state index contributed by atoms with van der Waals surface area (Å²) in [4.78, 5) is 16.3. The van der Waals surface area contributed by atoms with E-state index in [0.717, 1.165) is 57.3 Å². The number of Topliss-reactive ketones (excluding diaryl/α,β-unsaturated/α-hetero) is 1. The third-order valence-corrected chi connectivity index (χ3v) is 11.0. The molecule has 0 bridgehead atoms. The van der Waals surface area contributed by atoms with Gasteiger partial charge in [0.15, 0.2) is 5.78 Å². The Labute approximate surface area is 238 Å². The minimum absolute atomic E-state index is 0.0480. The van der Waals surface area contributed by atoms with Gasteiger partial charge in [0, 0.05) is 31.8 Å². The number of rotatable bonds is 5. The van der Waals surface area contributed by atoms with E-state index >= 15 is 0 Å². The van der Waals surface area contributed by atoms with E-state index in [1.54, 1.807) is 12.7 Å². The van der Waals surface area contributed by atoms with E-state index in [1.807, 2.05) is 0 Å². The van der Waals surface area contributed by atoms with Crippen LogP contribution < -0.4 is 4.90 Å². The van der Waals surface area contributed by atoms with Crippen molar-refractivity contribution in [3.63, 3.8) is 0 Å². The maximum Gasteiger partial charge on any atom is 0.176 e.